The highest BCUT2D eigenvalue weighted by molar-refractivity contribution is 9.10. The van der Waals surface area contributed by atoms with Crippen LogP contribution in [0, 0.1) is 0 Å². The Kier molecular flexibility index (Phi) is 9.42. The summed E-state index contributed by atoms with van der Waals surface area (Å²) in [6.45, 7) is 8.59. The smallest absolute Gasteiger partial charge is 0.137 e. The van der Waals surface area contributed by atoms with Crippen molar-refractivity contribution in [3.63, 3.8) is 0 Å². The first-order chi connectivity index (χ1) is 9.79. The fourth-order valence-corrected chi connectivity index (χ4v) is 2.52. The highest BCUT2D eigenvalue weighted by atomic mass is 79.9. The molecule has 112 valence electrons. The summed E-state index contributed by atoms with van der Waals surface area (Å²) in [6.07, 6.45) is 7.71. The minimum atomic E-state index is 0.778. The lowest BCUT2D eigenvalue weighted by molar-refractivity contribution is 0.300. The number of unbranched alkanes of at least 4 members (excludes halogenated alkanes) is 3. The zero-order valence-electron chi connectivity index (χ0n) is 12.5. The molecular formula is C17H26BrNO. The van der Waals surface area contributed by atoms with Gasteiger partial charge in [-0.2, -0.15) is 0 Å². The summed E-state index contributed by atoms with van der Waals surface area (Å²) < 4.78 is 7.01. The van der Waals surface area contributed by atoms with E-state index in [9.17, 15) is 0 Å². The number of nitrogens with one attached hydrogen (secondary N) is 1. The molecule has 1 aromatic rings. The fourth-order valence-electron chi connectivity index (χ4n) is 2.00. The summed E-state index contributed by atoms with van der Waals surface area (Å²) >= 11 is 3.58. The van der Waals surface area contributed by atoms with E-state index in [2.05, 4.69) is 46.9 Å². The van der Waals surface area contributed by atoms with E-state index in [0.717, 1.165) is 49.2 Å². The largest absolute Gasteiger partial charge is 0.492 e. The Labute approximate surface area is 131 Å². The maximum atomic E-state index is 5.97. The molecule has 0 aliphatic heterocycles. The van der Waals surface area contributed by atoms with Crippen molar-refractivity contribution >= 4 is 15.9 Å². The molecule has 1 rings (SSSR count). The van der Waals surface area contributed by atoms with E-state index in [4.69, 9.17) is 4.74 Å². The van der Waals surface area contributed by atoms with Gasteiger partial charge in [0.1, 0.15) is 5.75 Å². The molecule has 0 amide bonds. The van der Waals surface area contributed by atoms with Gasteiger partial charge >= 0.3 is 0 Å². The maximum Gasteiger partial charge on any atom is 0.137 e. The molecule has 0 aliphatic rings. The van der Waals surface area contributed by atoms with Crippen LogP contribution < -0.4 is 10.1 Å². The lowest BCUT2D eigenvalue weighted by Crippen LogP contribution is -2.15. The second-order valence-electron chi connectivity index (χ2n) is 4.89. The minimum absolute atomic E-state index is 0.778. The van der Waals surface area contributed by atoms with Crippen LogP contribution in [0.15, 0.2) is 35.3 Å². The third-order valence-electron chi connectivity index (χ3n) is 3.09. The quantitative estimate of drug-likeness (QED) is 0.448. The lowest BCUT2D eigenvalue weighted by Gasteiger charge is -2.14. The van der Waals surface area contributed by atoms with E-state index in [0.29, 0.717) is 0 Å². The number of allylic oxidation sites excluding steroid dienone is 1. The summed E-state index contributed by atoms with van der Waals surface area (Å²) in [6, 6.07) is 6.22. The first-order valence-electron chi connectivity index (χ1n) is 7.51. The van der Waals surface area contributed by atoms with Crippen LogP contribution in [0.5, 0.6) is 5.75 Å². The van der Waals surface area contributed by atoms with Crippen molar-refractivity contribution in [1.29, 1.82) is 0 Å². The maximum absolute atomic E-state index is 5.97. The molecule has 20 heavy (non-hydrogen) atoms. The van der Waals surface area contributed by atoms with Crippen LogP contribution in [0.4, 0.5) is 0 Å². The Morgan fingerprint density at radius 2 is 2.15 bits per heavy atom. The first kappa shape index (κ1) is 17.3. The monoisotopic (exact) mass is 339 g/mol. The molecule has 0 radical (unpaired) electrons. The Hall–Kier alpha value is -0.800. The molecule has 1 aromatic carbocycles. The van der Waals surface area contributed by atoms with E-state index in [-0.39, 0.29) is 0 Å². The first-order valence-corrected chi connectivity index (χ1v) is 8.30. The third-order valence-corrected chi connectivity index (χ3v) is 3.71. The predicted octanol–water partition coefficient (Wildman–Crippen LogP) is 5.07. The Morgan fingerprint density at radius 3 is 2.90 bits per heavy atom. The number of hydrogen-bond acceptors (Lipinski definition) is 2. The zero-order valence-corrected chi connectivity index (χ0v) is 14.0. The van der Waals surface area contributed by atoms with E-state index in [1.807, 2.05) is 12.1 Å². The van der Waals surface area contributed by atoms with E-state index >= 15 is 0 Å². The van der Waals surface area contributed by atoms with Crippen molar-refractivity contribution in [2.24, 2.45) is 0 Å². The van der Waals surface area contributed by atoms with Crippen LogP contribution >= 0.6 is 15.9 Å². The highest BCUT2D eigenvalue weighted by Crippen LogP contribution is 2.29. The zero-order chi connectivity index (χ0) is 14.6. The molecule has 0 saturated carbocycles. The molecule has 0 aromatic heterocycles. The number of para-hydroxylation sites is 1. The third kappa shape index (κ3) is 6.58. The summed E-state index contributed by atoms with van der Waals surface area (Å²) in [7, 11) is 0. The number of hydrogen-bond donors (Lipinski definition) is 1. The SMILES string of the molecule is C=CCCCCCOc1c(Br)cccc1CNCCC. The van der Waals surface area contributed by atoms with Gasteiger partial charge in [-0.15, -0.1) is 6.58 Å². The van der Waals surface area contributed by atoms with E-state index in [1.165, 1.54) is 18.4 Å². The fraction of sp³-hybridized carbons (Fsp3) is 0.529. The molecule has 0 saturated heterocycles. The van der Waals surface area contributed by atoms with Crippen molar-refractivity contribution in [2.75, 3.05) is 13.2 Å². The molecule has 0 aliphatic carbocycles. The number of halogens is 1. The molecule has 1 N–H and O–H groups in total. The molecule has 0 unspecified atom stereocenters. The second kappa shape index (κ2) is 10.9. The van der Waals surface area contributed by atoms with Crippen LogP contribution in [0.25, 0.3) is 0 Å². The van der Waals surface area contributed by atoms with Crippen molar-refractivity contribution in [2.45, 2.75) is 45.6 Å². The molecule has 0 heterocycles. The summed E-state index contributed by atoms with van der Waals surface area (Å²) in [5.74, 6) is 0.986. The van der Waals surface area contributed by atoms with Gasteiger partial charge in [-0.05, 0) is 60.6 Å². The van der Waals surface area contributed by atoms with Gasteiger partial charge in [0, 0.05) is 12.1 Å². The van der Waals surface area contributed by atoms with Gasteiger partial charge in [0.15, 0.2) is 0 Å². The van der Waals surface area contributed by atoms with Crippen molar-refractivity contribution < 1.29 is 4.74 Å². The molecule has 0 spiro atoms. The lowest BCUT2D eigenvalue weighted by atomic mass is 10.2. The second-order valence-corrected chi connectivity index (χ2v) is 5.75. The normalized spacial score (nSPS) is 10.5. The van der Waals surface area contributed by atoms with Crippen LogP contribution in [-0.2, 0) is 6.54 Å². The van der Waals surface area contributed by atoms with Crippen molar-refractivity contribution in [3.05, 3.63) is 40.9 Å². The minimum Gasteiger partial charge on any atom is -0.492 e. The van der Waals surface area contributed by atoms with Gasteiger partial charge in [0.05, 0.1) is 11.1 Å². The summed E-state index contributed by atoms with van der Waals surface area (Å²) in [5, 5.41) is 3.43. The molecule has 0 fully saturated rings. The highest BCUT2D eigenvalue weighted by Gasteiger charge is 2.07. The van der Waals surface area contributed by atoms with Crippen LogP contribution in [0.3, 0.4) is 0 Å². The van der Waals surface area contributed by atoms with Gasteiger partial charge in [-0.3, -0.25) is 0 Å². The van der Waals surface area contributed by atoms with Gasteiger partial charge in [0.2, 0.25) is 0 Å². The number of rotatable bonds is 11. The predicted molar refractivity (Wildman–Crippen MR) is 90.3 cm³/mol. The molecular weight excluding hydrogens is 314 g/mol. The van der Waals surface area contributed by atoms with Gasteiger partial charge in [-0.25, -0.2) is 0 Å². The standard InChI is InChI=1S/C17H26BrNO/c1-3-5-6-7-8-13-20-17-15(14-19-12-4-2)10-9-11-16(17)18/h3,9-11,19H,1,4-8,12-14H2,2H3. The molecule has 3 heteroatoms. The molecule has 2 nitrogen and oxygen atoms in total. The Balaban J connectivity index is 2.43. The average molecular weight is 340 g/mol. The molecule has 0 atom stereocenters. The van der Waals surface area contributed by atoms with Crippen molar-refractivity contribution in [3.8, 4) is 5.75 Å². The molecule has 0 bridgehead atoms. The average Bonchev–Trinajstić information content (AvgIpc) is 2.45. The Bertz CT molecular complexity index is 393. The number of benzene rings is 1. The van der Waals surface area contributed by atoms with Gasteiger partial charge in [-0.1, -0.05) is 25.1 Å². The number of ether oxygens (including phenoxy) is 1. The van der Waals surface area contributed by atoms with E-state index < -0.39 is 0 Å². The topological polar surface area (TPSA) is 21.3 Å². The van der Waals surface area contributed by atoms with Gasteiger partial charge < -0.3 is 10.1 Å². The summed E-state index contributed by atoms with van der Waals surface area (Å²) in [5.41, 5.74) is 1.22. The van der Waals surface area contributed by atoms with Crippen molar-refractivity contribution in [1.82, 2.24) is 5.32 Å². The summed E-state index contributed by atoms with van der Waals surface area (Å²) in [4.78, 5) is 0. The van der Waals surface area contributed by atoms with Gasteiger partial charge in [0.25, 0.3) is 0 Å². The van der Waals surface area contributed by atoms with Crippen LogP contribution in [0.2, 0.25) is 0 Å². The van der Waals surface area contributed by atoms with Crippen LogP contribution in [-0.4, -0.2) is 13.2 Å². The van der Waals surface area contributed by atoms with Crippen LogP contribution in [0.1, 0.15) is 44.6 Å². The van der Waals surface area contributed by atoms with E-state index in [1.54, 1.807) is 0 Å². The Morgan fingerprint density at radius 1 is 1.30 bits per heavy atom.